The smallest absolute Gasteiger partial charge is 0.407 e. The molecule has 0 radical (unpaired) electrons. The van der Waals surface area contributed by atoms with Crippen LogP contribution >= 0.6 is 0 Å². The molecule has 0 aliphatic carbocycles. The number of carbonyl (C=O) groups excluding carboxylic acids is 1. The fraction of sp³-hybridized carbons (Fsp3) is 0.467. The van der Waals surface area contributed by atoms with Crippen LogP contribution in [-0.2, 0) is 11.3 Å². The maximum absolute atomic E-state index is 12.8. The molecule has 7 heteroatoms. The molecule has 120 valence electrons. The van der Waals surface area contributed by atoms with Crippen LogP contribution in [0, 0.1) is 11.3 Å². The molecule has 2 N–H and O–H groups in total. The van der Waals surface area contributed by atoms with Crippen molar-refractivity contribution in [2.75, 3.05) is 0 Å². The van der Waals surface area contributed by atoms with E-state index in [4.69, 9.17) is 10.00 Å². The Bertz CT molecular complexity index is 512. The minimum atomic E-state index is -2.94. The van der Waals surface area contributed by atoms with Crippen LogP contribution in [0.25, 0.3) is 0 Å². The van der Waals surface area contributed by atoms with Gasteiger partial charge in [0.05, 0.1) is 12.1 Å². The summed E-state index contributed by atoms with van der Waals surface area (Å²) in [6.45, 7) is 0.739. The van der Waals surface area contributed by atoms with Gasteiger partial charge in [0.2, 0.25) is 5.92 Å². The van der Waals surface area contributed by atoms with Crippen molar-refractivity contribution in [1.29, 1.82) is 5.26 Å². The molecule has 0 saturated carbocycles. The summed E-state index contributed by atoms with van der Waals surface area (Å²) in [4.78, 5) is 11.6. The van der Waals surface area contributed by atoms with Gasteiger partial charge in [0.15, 0.2) is 6.10 Å². The summed E-state index contributed by atoms with van der Waals surface area (Å²) in [7, 11) is 0. The lowest BCUT2D eigenvalue weighted by atomic mass is 10.0. The Morgan fingerprint density at radius 1 is 1.45 bits per heavy atom. The predicted molar refractivity (Wildman–Crippen MR) is 75.0 cm³/mol. The Kier molecular flexibility index (Phi) is 6.73. The van der Waals surface area contributed by atoms with Crippen molar-refractivity contribution >= 4 is 6.09 Å². The number of hydrogen-bond donors (Lipinski definition) is 2. The minimum Gasteiger partial charge on any atom is -0.445 e. The van der Waals surface area contributed by atoms with Crippen molar-refractivity contribution < 1.29 is 23.4 Å². The summed E-state index contributed by atoms with van der Waals surface area (Å²) in [5.41, 5.74) is 0.759. The highest BCUT2D eigenvalue weighted by atomic mass is 19.3. The third-order valence-electron chi connectivity index (χ3n) is 2.92. The van der Waals surface area contributed by atoms with Gasteiger partial charge in [-0.05, 0) is 18.9 Å². The van der Waals surface area contributed by atoms with E-state index in [-0.39, 0.29) is 13.0 Å². The molecule has 2 atom stereocenters. The molecule has 1 unspecified atom stereocenters. The number of alkyl halides is 2. The molecule has 0 aliphatic rings. The van der Waals surface area contributed by atoms with Crippen LogP contribution in [0.15, 0.2) is 30.3 Å². The minimum absolute atomic E-state index is 0.00593. The fourth-order valence-electron chi connectivity index (χ4n) is 1.72. The molecule has 0 bridgehead atoms. The Morgan fingerprint density at radius 2 is 2.09 bits per heavy atom. The number of aliphatic hydroxyl groups is 1. The number of amides is 1. The second kappa shape index (κ2) is 8.29. The summed E-state index contributed by atoms with van der Waals surface area (Å²) in [6, 6.07) is 9.29. The van der Waals surface area contributed by atoms with Gasteiger partial charge in [-0.2, -0.15) is 5.26 Å². The number of nitriles is 1. The molecule has 0 aromatic heterocycles. The zero-order chi connectivity index (χ0) is 16.6. The molecule has 1 aromatic rings. The Balaban J connectivity index is 2.50. The van der Waals surface area contributed by atoms with Gasteiger partial charge in [0.1, 0.15) is 6.61 Å². The lowest BCUT2D eigenvalue weighted by molar-refractivity contribution is 0.00431. The number of halogens is 2. The van der Waals surface area contributed by atoms with Crippen LogP contribution in [-0.4, -0.2) is 29.3 Å². The third-order valence-corrected chi connectivity index (χ3v) is 2.92. The normalized spacial score (nSPS) is 13.8. The SMILES string of the molecule is CC(F)(F)CC[C@H](NC(=O)OCc1ccccc1)C(O)C#N. The molecule has 1 rings (SSSR count). The second-order valence-electron chi connectivity index (χ2n) is 5.00. The van der Waals surface area contributed by atoms with E-state index in [1.54, 1.807) is 24.3 Å². The summed E-state index contributed by atoms with van der Waals surface area (Å²) in [5.74, 6) is -2.94. The molecular weight excluding hydrogens is 294 g/mol. The van der Waals surface area contributed by atoms with Crippen LogP contribution in [0.1, 0.15) is 25.3 Å². The van der Waals surface area contributed by atoms with Crippen molar-refractivity contribution in [2.45, 2.75) is 44.4 Å². The number of aliphatic hydroxyl groups excluding tert-OH is 1. The van der Waals surface area contributed by atoms with Gasteiger partial charge >= 0.3 is 6.09 Å². The molecule has 5 nitrogen and oxygen atoms in total. The van der Waals surface area contributed by atoms with Crippen molar-refractivity contribution in [2.24, 2.45) is 0 Å². The quantitative estimate of drug-likeness (QED) is 0.758. The monoisotopic (exact) mass is 312 g/mol. The Morgan fingerprint density at radius 3 is 2.64 bits per heavy atom. The van der Waals surface area contributed by atoms with Crippen molar-refractivity contribution in [3.8, 4) is 6.07 Å². The van der Waals surface area contributed by atoms with Gasteiger partial charge < -0.3 is 15.2 Å². The highest BCUT2D eigenvalue weighted by Crippen LogP contribution is 2.20. The lowest BCUT2D eigenvalue weighted by Gasteiger charge is -2.21. The summed E-state index contributed by atoms with van der Waals surface area (Å²) in [6.07, 6.45) is -3.25. The van der Waals surface area contributed by atoms with Crippen LogP contribution < -0.4 is 5.32 Å². The van der Waals surface area contributed by atoms with E-state index in [0.717, 1.165) is 12.5 Å². The van der Waals surface area contributed by atoms with E-state index in [1.807, 2.05) is 6.07 Å². The van der Waals surface area contributed by atoms with Crippen molar-refractivity contribution in [1.82, 2.24) is 5.32 Å². The number of benzene rings is 1. The number of nitrogens with zero attached hydrogens (tertiary/aromatic N) is 1. The average molecular weight is 312 g/mol. The van der Waals surface area contributed by atoms with E-state index >= 15 is 0 Å². The maximum Gasteiger partial charge on any atom is 0.407 e. The first kappa shape index (κ1) is 17.9. The summed E-state index contributed by atoms with van der Waals surface area (Å²) >= 11 is 0. The van der Waals surface area contributed by atoms with E-state index in [2.05, 4.69) is 5.32 Å². The zero-order valence-electron chi connectivity index (χ0n) is 12.1. The van der Waals surface area contributed by atoms with Gasteiger partial charge in [0.25, 0.3) is 0 Å². The molecule has 1 aromatic carbocycles. The van der Waals surface area contributed by atoms with Crippen LogP contribution in [0.2, 0.25) is 0 Å². The van der Waals surface area contributed by atoms with Crippen molar-refractivity contribution in [3.05, 3.63) is 35.9 Å². The topological polar surface area (TPSA) is 82.3 Å². The largest absolute Gasteiger partial charge is 0.445 e. The number of ether oxygens (including phenoxy) is 1. The number of rotatable bonds is 7. The first-order valence-corrected chi connectivity index (χ1v) is 6.74. The fourth-order valence-corrected chi connectivity index (χ4v) is 1.72. The van der Waals surface area contributed by atoms with Crippen LogP contribution in [0.3, 0.4) is 0 Å². The Hall–Kier alpha value is -2.20. The molecule has 1 amide bonds. The second-order valence-corrected chi connectivity index (χ2v) is 5.00. The van der Waals surface area contributed by atoms with E-state index < -0.39 is 30.6 Å². The maximum atomic E-state index is 12.8. The number of hydrogen-bond acceptors (Lipinski definition) is 4. The molecule has 0 spiro atoms. The molecular formula is C15H18F2N2O3. The van der Waals surface area contributed by atoms with Crippen LogP contribution in [0.4, 0.5) is 13.6 Å². The van der Waals surface area contributed by atoms with Gasteiger partial charge in [-0.3, -0.25) is 0 Å². The summed E-state index contributed by atoms with van der Waals surface area (Å²) in [5, 5.41) is 20.4. The van der Waals surface area contributed by atoms with E-state index in [0.29, 0.717) is 0 Å². The van der Waals surface area contributed by atoms with E-state index in [9.17, 15) is 18.7 Å². The van der Waals surface area contributed by atoms with Gasteiger partial charge in [-0.25, -0.2) is 13.6 Å². The number of carbonyl (C=O) groups is 1. The van der Waals surface area contributed by atoms with Gasteiger partial charge in [-0.15, -0.1) is 0 Å². The van der Waals surface area contributed by atoms with Crippen LogP contribution in [0.5, 0.6) is 0 Å². The third kappa shape index (κ3) is 6.99. The number of alkyl carbamates (subject to hydrolysis) is 1. The molecule has 22 heavy (non-hydrogen) atoms. The predicted octanol–water partition coefficient (Wildman–Crippen LogP) is 2.60. The highest BCUT2D eigenvalue weighted by molar-refractivity contribution is 5.67. The molecule has 0 fully saturated rings. The van der Waals surface area contributed by atoms with Crippen molar-refractivity contribution in [3.63, 3.8) is 0 Å². The molecule has 0 heterocycles. The van der Waals surface area contributed by atoms with E-state index in [1.165, 1.54) is 6.07 Å². The molecule has 0 saturated heterocycles. The van der Waals surface area contributed by atoms with Gasteiger partial charge in [0, 0.05) is 6.42 Å². The summed E-state index contributed by atoms with van der Waals surface area (Å²) < 4.78 is 30.6. The Labute approximate surface area is 127 Å². The number of nitrogens with one attached hydrogen (secondary N) is 1. The zero-order valence-corrected chi connectivity index (χ0v) is 12.1. The standard InChI is InChI=1S/C15H18F2N2O3/c1-15(16,17)8-7-12(13(20)9-18)19-14(21)22-10-11-5-3-2-4-6-11/h2-6,12-13,20H,7-8,10H2,1H3,(H,19,21)/t12-,13?/m0/s1. The van der Waals surface area contributed by atoms with Gasteiger partial charge in [-0.1, -0.05) is 30.3 Å². The first-order chi connectivity index (χ1) is 10.3. The lowest BCUT2D eigenvalue weighted by Crippen LogP contribution is -2.43. The first-order valence-electron chi connectivity index (χ1n) is 6.74. The molecule has 0 aliphatic heterocycles. The highest BCUT2D eigenvalue weighted by Gasteiger charge is 2.28. The average Bonchev–Trinajstić information content (AvgIpc) is 2.48.